The van der Waals surface area contributed by atoms with E-state index in [9.17, 15) is 13.2 Å². The molecular weight excluding hydrogens is 251 g/mol. The average Bonchev–Trinajstić information content (AvgIpc) is 2.81. The Morgan fingerprint density at radius 2 is 1.26 bits per heavy atom. The Morgan fingerprint density at radius 3 is 1.74 bits per heavy atom. The van der Waals surface area contributed by atoms with E-state index in [1.54, 1.807) is 0 Å². The maximum atomic E-state index is 12.5. The molecule has 0 amide bonds. The summed E-state index contributed by atoms with van der Waals surface area (Å²) in [7, 11) is 0. The smallest absolute Gasteiger partial charge is 0.323 e. The molecule has 0 unspecified atom stereocenters. The van der Waals surface area contributed by atoms with Crippen LogP contribution in [-0.2, 0) is 6.18 Å². The lowest BCUT2D eigenvalue weighted by molar-refractivity contribution is -0.137. The number of hydrogen-bond acceptors (Lipinski definition) is 0. The predicted octanol–water partition coefficient (Wildman–Crippen LogP) is 4.65. The van der Waals surface area contributed by atoms with Gasteiger partial charge in [-0.3, -0.25) is 0 Å². The fraction of sp³-hybridized carbons (Fsp3) is 0.0667. The largest absolute Gasteiger partial charge is 0.416 e. The van der Waals surface area contributed by atoms with Crippen molar-refractivity contribution in [1.82, 2.24) is 4.57 Å². The van der Waals surface area contributed by atoms with Crippen LogP contribution in [0.1, 0.15) is 5.56 Å². The van der Waals surface area contributed by atoms with Crippen molar-refractivity contribution >= 4 is 10.8 Å². The van der Waals surface area contributed by atoms with Gasteiger partial charge in [0, 0.05) is 18.1 Å². The van der Waals surface area contributed by atoms with Gasteiger partial charge in [-0.2, -0.15) is 13.2 Å². The second-order valence-corrected chi connectivity index (χ2v) is 4.34. The number of nitrogens with zero attached hydrogens (tertiary/aromatic N) is 1. The molecule has 0 N–H and O–H groups in total. The topological polar surface area (TPSA) is 4.93 Å². The Bertz CT molecular complexity index is 675. The van der Waals surface area contributed by atoms with Crippen molar-refractivity contribution in [3.63, 3.8) is 0 Å². The Morgan fingerprint density at radius 1 is 0.737 bits per heavy atom. The summed E-state index contributed by atoms with van der Waals surface area (Å²) < 4.78 is 39.3. The fourth-order valence-electron chi connectivity index (χ4n) is 2.05. The van der Waals surface area contributed by atoms with E-state index < -0.39 is 11.7 Å². The zero-order valence-electron chi connectivity index (χ0n) is 9.85. The van der Waals surface area contributed by atoms with Crippen LogP contribution < -0.4 is 0 Å². The zero-order chi connectivity index (χ0) is 13.5. The third-order valence-corrected chi connectivity index (χ3v) is 3.05. The average molecular weight is 261 g/mol. The van der Waals surface area contributed by atoms with E-state index >= 15 is 0 Å². The van der Waals surface area contributed by atoms with Crippen LogP contribution in [0.25, 0.3) is 16.5 Å². The SMILES string of the molecule is FC(F)(F)c1ccc(-n2cc3ccccc3c2)cc1. The van der Waals surface area contributed by atoms with Crippen LogP contribution in [0.2, 0.25) is 0 Å². The first-order chi connectivity index (χ1) is 9.04. The number of benzene rings is 2. The van der Waals surface area contributed by atoms with Crippen LogP contribution in [0, 0.1) is 0 Å². The molecule has 2 aromatic carbocycles. The second kappa shape index (κ2) is 4.16. The first kappa shape index (κ1) is 11.8. The van der Waals surface area contributed by atoms with E-state index in [1.165, 1.54) is 12.1 Å². The summed E-state index contributed by atoms with van der Waals surface area (Å²) in [6.45, 7) is 0. The molecule has 0 saturated heterocycles. The van der Waals surface area contributed by atoms with Gasteiger partial charge in [0.2, 0.25) is 0 Å². The number of hydrogen-bond donors (Lipinski definition) is 0. The maximum Gasteiger partial charge on any atom is 0.416 e. The molecule has 1 aromatic heterocycles. The minimum Gasteiger partial charge on any atom is -0.323 e. The standard InChI is InChI=1S/C15H10F3N/c16-15(17,18)13-5-7-14(8-6-13)19-9-11-3-1-2-4-12(11)10-19/h1-10H. The molecule has 1 heterocycles. The molecule has 0 spiro atoms. The number of alkyl halides is 3. The van der Waals surface area contributed by atoms with Crippen LogP contribution >= 0.6 is 0 Å². The quantitative estimate of drug-likeness (QED) is 0.601. The number of fused-ring (bicyclic) bond motifs is 1. The molecule has 0 radical (unpaired) electrons. The molecule has 0 aliphatic rings. The van der Waals surface area contributed by atoms with Crippen molar-refractivity contribution in [2.45, 2.75) is 6.18 Å². The first-order valence-corrected chi connectivity index (χ1v) is 5.78. The zero-order valence-corrected chi connectivity index (χ0v) is 9.85. The minimum absolute atomic E-state index is 0.632. The summed E-state index contributed by atoms with van der Waals surface area (Å²) >= 11 is 0. The molecule has 0 fully saturated rings. The molecule has 3 aromatic rings. The van der Waals surface area contributed by atoms with Crippen LogP contribution in [0.15, 0.2) is 60.9 Å². The molecule has 0 aliphatic carbocycles. The van der Waals surface area contributed by atoms with Gasteiger partial charge in [0.05, 0.1) is 5.56 Å². The Kier molecular flexibility index (Phi) is 2.59. The lowest BCUT2D eigenvalue weighted by atomic mass is 10.2. The van der Waals surface area contributed by atoms with Gasteiger partial charge in [0.1, 0.15) is 0 Å². The van der Waals surface area contributed by atoms with E-state index in [0.29, 0.717) is 5.69 Å². The second-order valence-electron chi connectivity index (χ2n) is 4.34. The monoisotopic (exact) mass is 261 g/mol. The molecule has 0 atom stereocenters. The molecule has 3 rings (SSSR count). The van der Waals surface area contributed by atoms with Gasteiger partial charge in [0.15, 0.2) is 0 Å². The van der Waals surface area contributed by atoms with Crippen LogP contribution in [0.3, 0.4) is 0 Å². The van der Waals surface area contributed by atoms with Gasteiger partial charge in [-0.05, 0) is 35.0 Å². The van der Waals surface area contributed by atoms with Crippen molar-refractivity contribution in [3.8, 4) is 5.69 Å². The van der Waals surface area contributed by atoms with Crippen molar-refractivity contribution in [2.75, 3.05) is 0 Å². The number of halogens is 3. The van der Waals surface area contributed by atoms with E-state index in [2.05, 4.69) is 0 Å². The highest BCUT2D eigenvalue weighted by Gasteiger charge is 2.29. The highest BCUT2D eigenvalue weighted by molar-refractivity contribution is 5.82. The van der Waals surface area contributed by atoms with Crippen LogP contribution in [0.4, 0.5) is 13.2 Å². The van der Waals surface area contributed by atoms with Crippen molar-refractivity contribution in [1.29, 1.82) is 0 Å². The van der Waals surface area contributed by atoms with E-state index in [0.717, 1.165) is 22.9 Å². The van der Waals surface area contributed by atoms with E-state index in [-0.39, 0.29) is 0 Å². The van der Waals surface area contributed by atoms with Gasteiger partial charge in [-0.15, -0.1) is 0 Å². The predicted molar refractivity (Wildman–Crippen MR) is 68.3 cm³/mol. The maximum absolute atomic E-state index is 12.5. The molecule has 1 nitrogen and oxygen atoms in total. The van der Waals surface area contributed by atoms with Gasteiger partial charge in [-0.1, -0.05) is 24.3 Å². The Hall–Kier alpha value is -2.23. The third kappa shape index (κ3) is 2.21. The molecule has 0 bridgehead atoms. The number of rotatable bonds is 1. The van der Waals surface area contributed by atoms with Gasteiger partial charge in [0.25, 0.3) is 0 Å². The molecule has 4 heteroatoms. The van der Waals surface area contributed by atoms with Gasteiger partial charge in [-0.25, -0.2) is 0 Å². The molecular formula is C15H10F3N. The Balaban J connectivity index is 2.02. The van der Waals surface area contributed by atoms with Crippen LogP contribution in [0.5, 0.6) is 0 Å². The summed E-state index contributed by atoms with van der Waals surface area (Å²) in [4.78, 5) is 0. The van der Waals surface area contributed by atoms with Crippen molar-refractivity contribution < 1.29 is 13.2 Å². The highest BCUT2D eigenvalue weighted by Crippen LogP contribution is 2.30. The van der Waals surface area contributed by atoms with Crippen LogP contribution in [-0.4, -0.2) is 4.57 Å². The minimum atomic E-state index is -4.29. The Labute approximate surface area is 107 Å². The van der Waals surface area contributed by atoms with Crippen molar-refractivity contribution in [2.24, 2.45) is 0 Å². The number of aromatic nitrogens is 1. The fourth-order valence-corrected chi connectivity index (χ4v) is 2.05. The van der Waals surface area contributed by atoms with E-state index in [4.69, 9.17) is 0 Å². The van der Waals surface area contributed by atoms with Crippen molar-refractivity contribution in [3.05, 3.63) is 66.5 Å². The molecule has 0 aliphatic heterocycles. The molecule has 0 saturated carbocycles. The van der Waals surface area contributed by atoms with E-state index in [1.807, 2.05) is 41.2 Å². The summed E-state index contributed by atoms with van der Waals surface area (Å²) in [6, 6.07) is 12.9. The lowest BCUT2D eigenvalue weighted by Crippen LogP contribution is -2.04. The summed E-state index contributed by atoms with van der Waals surface area (Å²) in [5.41, 5.74) is 0.0807. The molecule has 96 valence electrons. The highest BCUT2D eigenvalue weighted by atomic mass is 19.4. The summed E-state index contributed by atoms with van der Waals surface area (Å²) in [6.07, 6.45) is -0.490. The summed E-state index contributed by atoms with van der Waals surface area (Å²) in [5.74, 6) is 0. The van der Waals surface area contributed by atoms with Gasteiger partial charge >= 0.3 is 6.18 Å². The lowest BCUT2D eigenvalue weighted by Gasteiger charge is -2.08. The van der Waals surface area contributed by atoms with Gasteiger partial charge < -0.3 is 4.57 Å². The third-order valence-electron chi connectivity index (χ3n) is 3.05. The molecule has 19 heavy (non-hydrogen) atoms. The normalized spacial score (nSPS) is 11.9. The summed E-state index contributed by atoms with van der Waals surface area (Å²) in [5, 5.41) is 2.12. The first-order valence-electron chi connectivity index (χ1n) is 5.78.